The third-order valence-electron chi connectivity index (χ3n) is 5.06. The van der Waals surface area contributed by atoms with Crippen LogP contribution in [0.4, 0.5) is 10.2 Å². The number of hydrogen-bond acceptors (Lipinski definition) is 7. The molecule has 0 saturated carbocycles. The lowest BCUT2D eigenvalue weighted by atomic mass is 10.2. The topological polar surface area (TPSA) is 82.1 Å². The Morgan fingerprint density at radius 2 is 2.21 bits per heavy atom. The molecule has 0 amide bonds. The highest BCUT2D eigenvalue weighted by Gasteiger charge is 2.20. The second-order valence-electron chi connectivity index (χ2n) is 7.03. The van der Waals surface area contributed by atoms with Crippen LogP contribution in [-0.2, 0) is 17.8 Å². The molecule has 1 aliphatic rings. The molecule has 1 atom stereocenters. The molecule has 1 unspecified atom stereocenters. The van der Waals surface area contributed by atoms with Gasteiger partial charge in [-0.1, -0.05) is 5.16 Å². The molecule has 5 rings (SSSR count). The smallest absolute Gasteiger partial charge is 0.170 e. The van der Waals surface area contributed by atoms with Crippen LogP contribution in [-0.4, -0.2) is 44.4 Å². The number of fused-ring (bicyclic) bond motifs is 2. The summed E-state index contributed by atoms with van der Waals surface area (Å²) in [6, 6.07) is 4.41. The van der Waals surface area contributed by atoms with Gasteiger partial charge in [-0.3, -0.25) is 0 Å². The van der Waals surface area contributed by atoms with E-state index in [4.69, 9.17) is 9.26 Å². The maximum atomic E-state index is 13.4. The van der Waals surface area contributed by atoms with E-state index in [1.165, 1.54) is 18.5 Å². The number of halogens is 1. The summed E-state index contributed by atoms with van der Waals surface area (Å²) < 4.78 is 26.3. The second-order valence-corrected chi connectivity index (χ2v) is 7.03. The Morgan fingerprint density at radius 3 is 3.07 bits per heavy atom. The fraction of sp³-hybridized carbons (Fsp3) is 0.368. The summed E-state index contributed by atoms with van der Waals surface area (Å²) in [6.07, 6.45) is 5.67. The van der Waals surface area contributed by atoms with Crippen molar-refractivity contribution in [1.82, 2.24) is 24.7 Å². The second kappa shape index (κ2) is 6.83. The van der Waals surface area contributed by atoms with Gasteiger partial charge < -0.3 is 18.7 Å². The van der Waals surface area contributed by atoms with E-state index in [-0.39, 0.29) is 11.9 Å². The van der Waals surface area contributed by atoms with Gasteiger partial charge in [0.05, 0.1) is 25.5 Å². The van der Waals surface area contributed by atoms with Crippen LogP contribution in [0.5, 0.6) is 0 Å². The molecular formula is C19H19FN6O2. The maximum Gasteiger partial charge on any atom is 0.170 e. The van der Waals surface area contributed by atoms with E-state index in [1.54, 1.807) is 12.4 Å². The number of nitrogens with zero attached hydrogens (tertiary/aromatic N) is 6. The van der Waals surface area contributed by atoms with Gasteiger partial charge in [0.25, 0.3) is 0 Å². The first-order chi connectivity index (χ1) is 13.7. The molecule has 0 aliphatic carbocycles. The molecule has 1 aromatic carbocycles. The van der Waals surface area contributed by atoms with Crippen molar-refractivity contribution in [2.75, 3.05) is 18.6 Å². The van der Waals surface area contributed by atoms with Gasteiger partial charge in [-0.25, -0.2) is 19.3 Å². The summed E-state index contributed by atoms with van der Waals surface area (Å²) in [4.78, 5) is 15.3. The SMILES string of the molecule is CN(Cc1noc2cc(F)ccc12)c1ncnc2c1ncn2CC1CCCO1. The monoisotopic (exact) mass is 382 g/mol. The van der Waals surface area contributed by atoms with Crippen molar-refractivity contribution in [3.8, 4) is 0 Å². The number of hydrogen-bond donors (Lipinski definition) is 0. The van der Waals surface area contributed by atoms with Crippen molar-refractivity contribution >= 4 is 28.0 Å². The molecule has 28 heavy (non-hydrogen) atoms. The minimum absolute atomic E-state index is 0.204. The standard InChI is InChI=1S/C19H19FN6O2/c1-25(9-15-14-5-4-12(20)7-16(14)28-24-15)18-17-19(22-10-21-18)26(11-23-17)8-13-3-2-6-27-13/h4-5,7,10-11,13H,2-3,6,8-9H2,1H3. The number of ether oxygens (including phenoxy) is 1. The van der Waals surface area contributed by atoms with E-state index in [0.29, 0.717) is 23.6 Å². The van der Waals surface area contributed by atoms with Gasteiger partial charge in [0.1, 0.15) is 17.8 Å². The molecule has 0 bridgehead atoms. The fourth-order valence-corrected chi connectivity index (χ4v) is 3.67. The normalized spacial score (nSPS) is 17.0. The summed E-state index contributed by atoms with van der Waals surface area (Å²) in [7, 11) is 1.91. The largest absolute Gasteiger partial charge is 0.376 e. The molecule has 1 saturated heterocycles. The Kier molecular flexibility index (Phi) is 4.16. The number of aromatic nitrogens is 5. The fourth-order valence-electron chi connectivity index (χ4n) is 3.67. The van der Waals surface area contributed by atoms with Crippen LogP contribution >= 0.6 is 0 Å². The van der Waals surface area contributed by atoms with Crippen LogP contribution in [0.3, 0.4) is 0 Å². The van der Waals surface area contributed by atoms with E-state index in [2.05, 4.69) is 20.1 Å². The van der Waals surface area contributed by atoms with E-state index in [0.717, 1.165) is 42.5 Å². The average Bonchev–Trinajstić information content (AvgIpc) is 3.43. The summed E-state index contributed by atoms with van der Waals surface area (Å²) in [6.45, 7) is 2.00. The maximum absolute atomic E-state index is 13.4. The van der Waals surface area contributed by atoms with Crippen LogP contribution in [0.25, 0.3) is 22.1 Å². The molecule has 9 heteroatoms. The zero-order valence-electron chi connectivity index (χ0n) is 15.4. The molecular weight excluding hydrogens is 363 g/mol. The highest BCUT2D eigenvalue weighted by atomic mass is 19.1. The van der Waals surface area contributed by atoms with Gasteiger partial charge in [0, 0.05) is 25.1 Å². The van der Waals surface area contributed by atoms with Gasteiger partial charge in [-0.2, -0.15) is 0 Å². The Labute approximate surface area is 159 Å². The highest BCUT2D eigenvalue weighted by molar-refractivity contribution is 5.84. The molecule has 0 spiro atoms. The molecule has 1 aliphatic heterocycles. The molecule has 144 valence electrons. The van der Waals surface area contributed by atoms with E-state index in [1.807, 2.05) is 16.5 Å². The van der Waals surface area contributed by atoms with Crippen LogP contribution in [0.15, 0.2) is 35.4 Å². The number of imidazole rings is 1. The predicted octanol–water partition coefficient (Wildman–Crippen LogP) is 2.92. The van der Waals surface area contributed by atoms with Gasteiger partial charge in [0.15, 0.2) is 22.6 Å². The lowest BCUT2D eigenvalue weighted by molar-refractivity contribution is 0.0978. The van der Waals surface area contributed by atoms with Crippen LogP contribution in [0, 0.1) is 5.82 Å². The molecule has 0 radical (unpaired) electrons. The van der Waals surface area contributed by atoms with Crippen LogP contribution in [0.2, 0.25) is 0 Å². The Morgan fingerprint density at radius 1 is 1.29 bits per heavy atom. The Balaban J connectivity index is 1.44. The summed E-state index contributed by atoms with van der Waals surface area (Å²) >= 11 is 0. The molecule has 4 aromatic rings. The number of benzene rings is 1. The van der Waals surface area contributed by atoms with Crippen LogP contribution in [0.1, 0.15) is 18.5 Å². The summed E-state index contributed by atoms with van der Waals surface area (Å²) in [5.41, 5.74) is 2.64. The lowest BCUT2D eigenvalue weighted by Crippen LogP contribution is -2.19. The third-order valence-corrected chi connectivity index (χ3v) is 5.06. The zero-order valence-corrected chi connectivity index (χ0v) is 15.4. The first kappa shape index (κ1) is 17.1. The minimum atomic E-state index is -0.349. The molecule has 3 aromatic heterocycles. The first-order valence-electron chi connectivity index (χ1n) is 9.21. The minimum Gasteiger partial charge on any atom is -0.376 e. The van der Waals surface area contributed by atoms with Crippen molar-refractivity contribution < 1.29 is 13.7 Å². The Bertz CT molecular complexity index is 1130. The van der Waals surface area contributed by atoms with Crippen molar-refractivity contribution in [3.63, 3.8) is 0 Å². The van der Waals surface area contributed by atoms with Crippen molar-refractivity contribution in [3.05, 3.63) is 42.4 Å². The average molecular weight is 382 g/mol. The van der Waals surface area contributed by atoms with Crippen molar-refractivity contribution in [1.29, 1.82) is 0 Å². The zero-order chi connectivity index (χ0) is 19.1. The van der Waals surface area contributed by atoms with Crippen molar-refractivity contribution in [2.24, 2.45) is 0 Å². The van der Waals surface area contributed by atoms with E-state index < -0.39 is 0 Å². The van der Waals surface area contributed by atoms with Crippen molar-refractivity contribution in [2.45, 2.75) is 32.0 Å². The molecule has 8 nitrogen and oxygen atoms in total. The van der Waals surface area contributed by atoms with Crippen LogP contribution < -0.4 is 4.90 Å². The predicted molar refractivity (Wildman–Crippen MR) is 100 cm³/mol. The highest BCUT2D eigenvalue weighted by Crippen LogP contribution is 2.26. The van der Waals surface area contributed by atoms with Gasteiger partial charge in [-0.15, -0.1) is 0 Å². The quantitative estimate of drug-likeness (QED) is 0.525. The molecule has 0 N–H and O–H groups in total. The lowest BCUT2D eigenvalue weighted by Gasteiger charge is -2.17. The Hall–Kier alpha value is -3.07. The molecule has 4 heterocycles. The van der Waals surface area contributed by atoms with Gasteiger partial charge >= 0.3 is 0 Å². The number of rotatable bonds is 5. The third kappa shape index (κ3) is 2.97. The first-order valence-corrected chi connectivity index (χ1v) is 9.21. The molecule has 1 fully saturated rings. The van der Waals surface area contributed by atoms with Gasteiger partial charge in [-0.05, 0) is 25.0 Å². The van der Waals surface area contributed by atoms with Gasteiger partial charge in [0.2, 0.25) is 0 Å². The van der Waals surface area contributed by atoms with E-state index in [9.17, 15) is 4.39 Å². The van der Waals surface area contributed by atoms with E-state index >= 15 is 0 Å². The summed E-state index contributed by atoms with van der Waals surface area (Å²) in [5.74, 6) is 0.354. The number of anilines is 1. The summed E-state index contributed by atoms with van der Waals surface area (Å²) in [5, 5.41) is 4.87.